The van der Waals surface area contributed by atoms with Crippen molar-refractivity contribution < 1.29 is 9.21 Å². The normalized spacial score (nSPS) is 14.8. The molecule has 3 aromatic rings. The average Bonchev–Trinajstić information content (AvgIpc) is 3.01. The van der Waals surface area contributed by atoms with Gasteiger partial charge >= 0.3 is 0 Å². The Labute approximate surface area is 153 Å². The highest BCUT2D eigenvalue weighted by Gasteiger charge is 2.21. The second-order valence-corrected chi connectivity index (χ2v) is 6.92. The Morgan fingerprint density at radius 1 is 1.08 bits per heavy atom. The number of hydrogen-bond acceptors (Lipinski definition) is 4. The SMILES string of the molecule is Cc1cccc(N2CCN(C(=O)Cc3ccc4nc(C)oc4c3)CC2)c1. The van der Waals surface area contributed by atoms with Crippen LogP contribution < -0.4 is 4.90 Å². The molecule has 1 aliphatic heterocycles. The maximum atomic E-state index is 12.7. The molecule has 134 valence electrons. The van der Waals surface area contributed by atoms with Crippen molar-refractivity contribution in [2.45, 2.75) is 20.3 Å². The average molecular weight is 349 g/mol. The Kier molecular flexibility index (Phi) is 4.37. The summed E-state index contributed by atoms with van der Waals surface area (Å²) in [5.41, 5.74) is 5.06. The first-order valence-corrected chi connectivity index (χ1v) is 9.04. The van der Waals surface area contributed by atoms with Crippen LogP contribution in [-0.2, 0) is 11.2 Å². The van der Waals surface area contributed by atoms with Crippen LogP contribution in [0.2, 0.25) is 0 Å². The summed E-state index contributed by atoms with van der Waals surface area (Å²) in [5, 5.41) is 0. The van der Waals surface area contributed by atoms with Gasteiger partial charge in [-0.05, 0) is 42.3 Å². The van der Waals surface area contributed by atoms with E-state index in [1.165, 1.54) is 11.3 Å². The fourth-order valence-electron chi connectivity index (χ4n) is 3.52. The smallest absolute Gasteiger partial charge is 0.227 e. The van der Waals surface area contributed by atoms with Crippen LogP contribution in [0, 0.1) is 13.8 Å². The molecule has 1 fully saturated rings. The van der Waals surface area contributed by atoms with Crippen LogP contribution >= 0.6 is 0 Å². The van der Waals surface area contributed by atoms with E-state index in [-0.39, 0.29) is 5.91 Å². The molecule has 1 saturated heterocycles. The molecule has 0 atom stereocenters. The summed E-state index contributed by atoms with van der Waals surface area (Å²) in [6.07, 6.45) is 0.403. The van der Waals surface area contributed by atoms with Gasteiger partial charge in [0.25, 0.3) is 0 Å². The zero-order chi connectivity index (χ0) is 18.1. The van der Waals surface area contributed by atoms with Gasteiger partial charge in [0.2, 0.25) is 5.91 Å². The molecule has 0 aliphatic carbocycles. The van der Waals surface area contributed by atoms with Crippen molar-refractivity contribution >= 4 is 22.7 Å². The van der Waals surface area contributed by atoms with Crippen LogP contribution in [0.4, 0.5) is 5.69 Å². The monoisotopic (exact) mass is 349 g/mol. The molecule has 26 heavy (non-hydrogen) atoms. The second kappa shape index (κ2) is 6.83. The quantitative estimate of drug-likeness (QED) is 0.728. The van der Waals surface area contributed by atoms with E-state index >= 15 is 0 Å². The molecule has 5 heteroatoms. The molecule has 1 amide bonds. The number of anilines is 1. The van der Waals surface area contributed by atoms with E-state index in [9.17, 15) is 4.79 Å². The molecule has 5 nitrogen and oxygen atoms in total. The summed E-state index contributed by atoms with van der Waals surface area (Å²) in [6, 6.07) is 14.3. The largest absolute Gasteiger partial charge is 0.441 e. The lowest BCUT2D eigenvalue weighted by Crippen LogP contribution is -2.49. The van der Waals surface area contributed by atoms with Crippen molar-refractivity contribution in [2.24, 2.45) is 0 Å². The molecular weight excluding hydrogens is 326 g/mol. The van der Waals surface area contributed by atoms with Crippen molar-refractivity contribution in [3.8, 4) is 0 Å². The van der Waals surface area contributed by atoms with Gasteiger partial charge in [-0.1, -0.05) is 18.2 Å². The predicted octanol–water partition coefficient (Wildman–Crippen LogP) is 3.34. The fraction of sp³-hybridized carbons (Fsp3) is 0.333. The van der Waals surface area contributed by atoms with Crippen LogP contribution in [0.1, 0.15) is 17.0 Å². The van der Waals surface area contributed by atoms with Crippen LogP contribution in [0.25, 0.3) is 11.1 Å². The summed E-state index contributed by atoms with van der Waals surface area (Å²) in [5.74, 6) is 0.820. The van der Waals surface area contributed by atoms with Gasteiger partial charge < -0.3 is 14.2 Å². The third-order valence-electron chi connectivity index (χ3n) is 4.91. The van der Waals surface area contributed by atoms with Gasteiger partial charge in [0.05, 0.1) is 6.42 Å². The van der Waals surface area contributed by atoms with Gasteiger partial charge in [-0.2, -0.15) is 0 Å². The summed E-state index contributed by atoms with van der Waals surface area (Å²) < 4.78 is 5.57. The van der Waals surface area contributed by atoms with Crippen LogP contribution in [-0.4, -0.2) is 42.0 Å². The number of amides is 1. The molecule has 0 bridgehead atoms. The molecule has 0 radical (unpaired) electrons. The molecule has 0 unspecified atom stereocenters. The predicted molar refractivity (Wildman–Crippen MR) is 102 cm³/mol. The zero-order valence-electron chi connectivity index (χ0n) is 15.2. The van der Waals surface area contributed by atoms with Gasteiger partial charge in [0.15, 0.2) is 11.5 Å². The van der Waals surface area contributed by atoms with Crippen LogP contribution in [0.15, 0.2) is 46.9 Å². The number of rotatable bonds is 3. The Morgan fingerprint density at radius 2 is 1.88 bits per heavy atom. The van der Waals surface area contributed by atoms with E-state index < -0.39 is 0 Å². The van der Waals surface area contributed by atoms with Crippen molar-refractivity contribution in [1.82, 2.24) is 9.88 Å². The van der Waals surface area contributed by atoms with Crippen molar-refractivity contribution in [3.63, 3.8) is 0 Å². The molecule has 2 aromatic carbocycles. The molecule has 1 aromatic heterocycles. The third-order valence-corrected chi connectivity index (χ3v) is 4.91. The highest BCUT2D eigenvalue weighted by Crippen LogP contribution is 2.20. The Balaban J connectivity index is 1.38. The number of piperazine rings is 1. The van der Waals surface area contributed by atoms with Crippen molar-refractivity contribution in [3.05, 3.63) is 59.5 Å². The highest BCUT2D eigenvalue weighted by atomic mass is 16.3. The van der Waals surface area contributed by atoms with E-state index in [1.54, 1.807) is 0 Å². The van der Waals surface area contributed by atoms with Gasteiger partial charge in [-0.3, -0.25) is 4.79 Å². The summed E-state index contributed by atoms with van der Waals surface area (Å²) in [6.45, 7) is 7.20. The van der Waals surface area contributed by atoms with Crippen molar-refractivity contribution in [2.75, 3.05) is 31.1 Å². The van der Waals surface area contributed by atoms with Gasteiger partial charge in [-0.15, -0.1) is 0 Å². The van der Waals surface area contributed by atoms with E-state index in [2.05, 4.69) is 41.1 Å². The number of hydrogen-bond donors (Lipinski definition) is 0. The topological polar surface area (TPSA) is 49.6 Å². The van der Waals surface area contributed by atoms with Crippen LogP contribution in [0.5, 0.6) is 0 Å². The van der Waals surface area contributed by atoms with E-state index in [0.29, 0.717) is 12.3 Å². The molecular formula is C21H23N3O2. The van der Waals surface area contributed by atoms with Gasteiger partial charge in [0.1, 0.15) is 5.52 Å². The van der Waals surface area contributed by atoms with E-state index in [1.807, 2.05) is 30.0 Å². The number of carbonyl (C=O) groups is 1. The summed E-state index contributed by atoms with van der Waals surface area (Å²) >= 11 is 0. The number of benzene rings is 2. The molecule has 1 aliphatic rings. The Bertz CT molecular complexity index is 939. The number of aryl methyl sites for hydroxylation is 2. The number of fused-ring (bicyclic) bond motifs is 1. The maximum absolute atomic E-state index is 12.7. The second-order valence-electron chi connectivity index (χ2n) is 6.92. The lowest BCUT2D eigenvalue weighted by molar-refractivity contribution is -0.130. The zero-order valence-corrected chi connectivity index (χ0v) is 15.2. The molecule has 0 spiro atoms. The first kappa shape index (κ1) is 16.6. The van der Waals surface area contributed by atoms with Crippen molar-refractivity contribution in [1.29, 1.82) is 0 Å². The summed E-state index contributed by atoms with van der Waals surface area (Å²) in [4.78, 5) is 21.3. The molecule has 2 heterocycles. The van der Waals surface area contributed by atoms with E-state index in [4.69, 9.17) is 4.42 Å². The Hall–Kier alpha value is -2.82. The molecule has 0 N–H and O–H groups in total. The number of aromatic nitrogens is 1. The molecule has 0 saturated carbocycles. The minimum Gasteiger partial charge on any atom is -0.441 e. The van der Waals surface area contributed by atoms with Crippen LogP contribution in [0.3, 0.4) is 0 Å². The van der Waals surface area contributed by atoms with E-state index in [0.717, 1.165) is 42.8 Å². The summed E-state index contributed by atoms with van der Waals surface area (Å²) in [7, 11) is 0. The minimum atomic E-state index is 0.171. The maximum Gasteiger partial charge on any atom is 0.227 e. The first-order valence-electron chi connectivity index (χ1n) is 9.04. The number of oxazole rings is 1. The number of carbonyl (C=O) groups excluding carboxylic acids is 1. The lowest BCUT2D eigenvalue weighted by Gasteiger charge is -2.36. The van der Waals surface area contributed by atoms with Gasteiger partial charge in [-0.25, -0.2) is 4.98 Å². The standard InChI is InChI=1S/C21H23N3O2/c1-15-4-3-5-18(12-15)23-8-10-24(11-9-23)21(25)14-17-6-7-19-20(13-17)26-16(2)22-19/h3-7,12-13H,8-11,14H2,1-2H3. The number of nitrogens with zero attached hydrogens (tertiary/aromatic N) is 3. The van der Waals surface area contributed by atoms with Gasteiger partial charge in [0, 0.05) is 38.8 Å². The molecule has 4 rings (SSSR count). The lowest BCUT2D eigenvalue weighted by atomic mass is 10.1. The fourth-order valence-corrected chi connectivity index (χ4v) is 3.52. The first-order chi connectivity index (χ1) is 12.6. The third kappa shape index (κ3) is 3.43. The Morgan fingerprint density at radius 3 is 2.65 bits per heavy atom. The minimum absolute atomic E-state index is 0.171. The highest BCUT2D eigenvalue weighted by molar-refractivity contribution is 5.81.